The van der Waals surface area contributed by atoms with E-state index in [-0.39, 0.29) is 20.8 Å². The van der Waals surface area contributed by atoms with Gasteiger partial charge < -0.3 is 5.32 Å². The number of hydrogen-bond acceptors (Lipinski definition) is 3. The smallest absolute Gasteiger partial charge is 0.241 e. The Balaban J connectivity index is 1.95. The molecular formula is C23H21Cl3N2O3S. The molecule has 3 rings (SSSR count). The second-order valence-electron chi connectivity index (χ2n) is 7.26. The number of hydrogen-bond donors (Lipinski definition) is 1. The Morgan fingerprint density at radius 3 is 2.16 bits per heavy atom. The monoisotopic (exact) mass is 510 g/mol. The molecule has 0 saturated heterocycles. The van der Waals surface area contributed by atoms with Crippen LogP contribution in [0.2, 0.25) is 15.1 Å². The fourth-order valence-electron chi connectivity index (χ4n) is 3.32. The van der Waals surface area contributed by atoms with Crippen LogP contribution in [0.3, 0.4) is 0 Å². The Morgan fingerprint density at radius 2 is 1.53 bits per heavy atom. The summed E-state index contributed by atoms with van der Waals surface area (Å²) in [6, 6.07) is 19.4. The van der Waals surface area contributed by atoms with E-state index < -0.39 is 28.5 Å². The van der Waals surface area contributed by atoms with Crippen molar-refractivity contribution in [1.82, 2.24) is 5.32 Å². The van der Waals surface area contributed by atoms with Gasteiger partial charge in [0.1, 0.15) is 6.54 Å². The van der Waals surface area contributed by atoms with E-state index in [9.17, 15) is 13.2 Å². The molecule has 0 aliphatic heterocycles. The first-order valence-corrected chi connectivity index (χ1v) is 12.6. The quantitative estimate of drug-likeness (QED) is 0.418. The van der Waals surface area contributed by atoms with Crippen LogP contribution >= 0.6 is 34.8 Å². The molecule has 0 aliphatic rings. The molecule has 9 heteroatoms. The number of nitrogens with zero attached hydrogens (tertiary/aromatic N) is 1. The zero-order valence-corrected chi connectivity index (χ0v) is 20.4. The van der Waals surface area contributed by atoms with Crippen molar-refractivity contribution in [2.45, 2.75) is 13.0 Å². The van der Waals surface area contributed by atoms with Crippen LogP contribution in [0.5, 0.6) is 0 Å². The highest BCUT2D eigenvalue weighted by atomic mass is 35.5. The number of anilines is 1. The summed E-state index contributed by atoms with van der Waals surface area (Å²) >= 11 is 18.3. The average Bonchev–Trinajstić information content (AvgIpc) is 2.74. The molecule has 1 atom stereocenters. The summed E-state index contributed by atoms with van der Waals surface area (Å²) in [7, 11) is -3.85. The van der Waals surface area contributed by atoms with Gasteiger partial charge in [-0.15, -0.1) is 0 Å². The Labute approximate surface area is 203 Å². The molecule has 1 N–H and O–H groups in total. The fourth-order valence-corrected chi connectivity index (χ4v) is 4.87. The second kappa shape index (κ2) is 10.1. The van der Waals surface area contributed by atoms with Crippen molar-refractivity contribution in [1.29, 1.82) is 0 Å². The molecule has 0 bridgehead atoms. The number of carbonyl (C=O) groups is 1. The van der Waals surface area contributed by atoms with Gasteiger partial charge in [-0.1, -0.05) is 89.4 Å². The third-order valence-electron chi connectivity index (χ3n) is 4.88. The summed E-state index contributed by atoms with van der Waals surface area (Å²) in [5.41, 5.74) is 2.85. The summed E-state index contributed by atoms with van der Waals surface area (Å²) in [5.74, 6) is -0.505. The summed E-state index contributed by atoms with van der Waals surface area (Å²) in [6.45, 7) is 1.47. The van der Waals surface area contributed by atoms with Gasteiger partial charge in [0.25, 0.3) is 0 Å². The molecule has 0 radical (unpaired) electrons. The minimum absolute atomic E-state index is 0.0659. The lowest BCUT2D eigenvalue weighted by atomic mass is 9.95. The van der Waals surface area contributed by atoms with E-state index in [0.29, 0.717) is 0 Å². The number of rotatable bonds is 7. The highest BCUT2D eigenvalue weighted by molar-refractivity contribution is 7.92. The van der Waals surface area contributed by atoms with Crippen LogP contribution in [-0.4, -0.2) is 27.1 Å². The van der Waals surface area contributed by atoms with E-state index in [1.807, 2.05) is 61.5 Å². The zero-order chi connectivity index (χ0) is 23.5. The van der Waals surface area contributed by atoms with E-state index in [1.54, 1.807) is 0 Å². The molecule has 0 spiro atoms. The van der Waals surface area contributed by atoms with E-state index in [2.05, 4.69) is 5.32 Å². The van der Waals surface area contributed by atoms with Crippen molar-refractivity contribution >= 4 is 56.4 Å². The van der Waals surface area contributed by atoms with Crippen LogP contribution in [0.25, 0.3) is 0 Å². The first-order valence-electron chi connectivity index (χ1n) is 9.60. The van der Waals surface area contributed by atoms with Gasteiger partial charge in [0.05, 0.1) is 33.1 Å². The molecule has 0 fully saturated rings. The fraction of sp³-hybridized carbons (Fsp3) is 0.174. The van der Waals surface area contributed by atoms with Crippen molar-refractivity contribution in [2.75, 3.05) is 17.1 Å². The number of amides is 1. The molecule has 3 aromatic rings. The van der Waals surface area contributed by atoms with Gasteiger partial charge >= 0.3 is 0 Å². The van der Waals surface area contributed by atoms with Crippen LogP contribution in [0, 0.1) is 6.92 Å². The van der Waals surface area contributed by atoms with Crippen LogP contribution in [0.15, 0.2) is 66.7 Å². The van der Waals surface area contributed by atoms with Gasteiger partial charge in [-0.3, -0.25) is 9.10 Å². The predicted molar refractivity (Wildman–Crippen MR) is 131 cm³/mol. The number of benzene rings is 3. The first-order chi connectivity index (χ1) is 15.1. The van der Waals surface area contributed by atoms with E-state index >= 15 is 0 Å². The number of sulfonamides is 1. The van der Waals surface area contributed by atoms with Crippen LogP contribution in [-0.2, 0) is 14.8 Å². The lowest BCUT2D eigenvalue weighted by Gasteiger charge is -2.26. The van der Waals surface area contributed by atoms with Gasteiger partial charge in [0, 0.05) is 0 Å². The molecule has 0 saturated carbocycles. The molecule has 3 aromatic carbocycles. The lowest BCUT2D eigenvalue weighted by molar-refractivity contribution is -0.120. The molecule has 1 amide bonds. The summed E-state index contributed by atoms with van der Waals surface area (Å²) in [5, 5.41) is 3.34. The normalized spacial score (nSPS) is 12.3. The van der Waals surface area contributed by atoms with E-state index in [4.69, 9.17) is 34.8 Å². The van der Waals surface area contributed by atoms with Gasteiger partial charge in [-0.2, -0.15) is 0 Å². The standard InChI is InChI=1S/C23H21Cl3N2O3S/c1-15-8-6-7-11-17(15)23(16-9-4-3-5-10-16)27-22(29)14-28(32(2,30)31)21-13-19(25)18(24)12-20(21)26/h3-13,23H,14H2,1-2H3,(H,27,29)/t23-/m0/s1. The van der Waals surface area contributed by atoms with E-state index in [0.717, 1.165) is 27.3 Å². The van der Waals surface area contributed by atoms with Crippen molar-refractivity contribution in [3.8, 4) is 0 Å². The van der Waals surface area contributed by atoms with E-state index in [1.165, 1.54) is 12.1 Å². The number of nitrogens with one attached hydrogen (secondary N) is 1. The topological polar surface area (TPSA) is 66.5 Å². The van der Waals surface area contributed by atoms with Crippen molar-refractivity contribution in [3.63, 3.8) is 0 Å². The van der Waals surface area contributed by atoms with Crippen molar-refractivity contribution in [3.05, 3.63) is 98.5 Å². The lowest BCUT2D eigenvalue weighted by Crippen LogP contribution is -2.42. The first kappa shape index (κ1) is 24.4. The summed E-state index contributed by atoms with van der Waals surface area (Å²) in [6.07, 6.45) is 0.995. The van der Waals surface area contributed by atoms with Crippen LogP contribution in [0.4, 0.5) is 5.69 Å². The van der Waals surface area contributed by atoms with Gasteiger partial charge in [-0.25, -0.2) is 8.42 Å². The summed E-state index contributed by atoms with van der Waals surface area (Å²) < 4.78 is 25.9. The Kier molecular flexibility index (Phi) is 7.72. The largest absolute Gasteiger partial charge is 0.344 e. The number of aryl methyl sites for hydroxylation is 1. The van der Waals surface area contributed by atoms with Crippen molar-refractivity contribution < 1.29 is 13.2 Å². The Hall–Kier alpha value is -2.25. The molecule has 5 nitrogen and oxygen atoms in total. The average molecular weight is 512 g/mol. The molecule has 0 heterocycles. The maximum absolute atomic E-state index is 13.1. The zero-order valence-electron chi connectivity index (χ0n) is 17.3. The van der Waals surface area contributed by atoms with Gasteiger partial charge in [0.2, 0.25) is 15.9 Å². The third-order valence-corrected chi connectivity index (χ3v) is 7.04. The Morgan fingerprint density at radius 1 is 0.938 bits per heavy atom. The predicted octanol–water partition coefficient (Wildman–Crippen LogP) is 5.63. The maximum atomic E-state index is 13.1. The minimum atomic E-state index is -3.85. The van der Waals surface area contributed by atoms with Gasteiger partial charge in [0.15, 0.2) is 0 Å². The highest BCUT2D eigenvalue weighted by Crippen LogP contribution is 2.35. The molecule has 32 heavy (non-hydrogen) atoms. The minimum Gasteiger partial charge on any atom is -0.344 e. The number of halogens is 3. The molecule has 0 aliphatic carbocycles. The SMILES string of the molecule is Cc1ccccc1[C@@H](NC(=O)CN(c1cc(Cl)c(Cl)cc1Cl)S(C)(=O)=O)c1ccccc1. The van der Waals surface area contributed by atoms with Crippen molar-refractivity contribution in [2.24, 2.45) is 0 Å². The van der Waals surface area contributed by atoms with Crippen LogP contribution in [0.1, 0.15) is 22.7 Å². The summed E-state index contributed by atoms with van der Waals surface area (Å²) in [4.78, 5) is 13.1. The Bertz CT molecular complexity index is 1230. The second-order valence-corrected chi connectivity index (χ2v) is 10.4. The maximum Gasteiger partial charge on any atom is 0.241 e. The van der Waals surface area contributed by atoms with Gasteiger partial charge in [-0.05, 0) is 35.7 Å². The molecule has 0 unspecified atom stereocenters. The molecular weight excluding hydrogens is 491 g/mol. The molecule has 0 aromatic heterocycles. The third kappa shape index (κ3) is 5.75. The highest BCUT2D eigenvalue weighted by Gasteiger charge is 2.26. The van der Waals surface area contributed by atoms with Crippen LogP contribution < -0.4 is 9.62 Å². The number of carbonyl (C=O) groups excluding carboxylic acids is 1. The molecule has 168 valence electrons.